The molecule has 0 aliphatic carbocycles. The lowest BCUT2D eigenvalue weighted by molar-refractivity contribution is 0.284. The molecule has 0 aliphatic heterocycles. The molecule has 0 spiro atoms. The van der Waals surface area contributed by atoms with E-state index >= 15 is 0 Å². The molecule has 0 saturated heterocycles. The highest BCUT2D eigenvalue weighted by atomic mass is 35.5. The van der Waals surface area contributed by atoms with Gasteiger partial charge in [0, 0.05) is 10.6 Å². The lowest BCUT2D eigenvalue weighted by Crippen LogP contribution is -2.13. The summed E-state index contributed by atoms with van der Waals surface area (Å²) in [6.07, 6.45) is 0. The number of hydrogen-bond acceptors (Lipinski definition) is 3. The Morgan fingerprint density at radius 3 is 2.60 bits per heavy atom. The number of benzene rings is 2. The zero-order chi connectivity index (χ0) is 14.5. The number of rotatable bonds is 5. The van der Waals surface area contributed by atoms with E-state index in [2.05, 4.69) is 0 Å². The molecule has 3 N–H and O–H groups in total. The molecule has 5 heteroatoms. The van der Waals surface area contributed by atoms with Gasteiger partial charge in [-0.1, -0.05) is 35.9 Å². The highest BCUT2D eigenvalue weighted by molar-refractivity contribution is 6.31. The van der Waals surface area contributed by atoms with Gasteiger partial charge in [0.25, 0.3) is 0 Å². The Kier molecular flexibility index (Phi) is 4.48. The van der Waals surface area contributed by atoms with Crippen molar-refractivity contribution in [3.63, 3.8) is 0 Å². The second-order valence-electron chi connectivity index (χ2n) is 4.13. The molecule has 0 bridgehead atoms. The zero-order valence-electron chi connectivity index (χ0n) is 11.0. The topological polar surface area (TPSA) is 68.3 Å². The molecule has 0 unspecified atom stereocenters. The van der Waals surface area contributed by atoms with Crippen molar-refractivity contribution in [2.45, 2.75) is 6.61 Å². The third-order valence-electron chi connectivity index (χ3n) is 2.82. The summed E-state index contributed by atoms with van der Waals surface area (Å²) in [4.78, 5) is 0. The molecular formula is C15H15ClN2O2. The van der Waals surface area contributed by atoms with E-state index < -0.39 is 0 Å². The maximum Gasteiger partial charge on any atom is 0.172 e. The molecule has 0 heterocycles. The van der Waals surface area contributed by atoms with Gasteiger partial charge in [-0.05, 0) is 18.2 Å². The Morgan fingerprint density at radius 1 is 1.20 bits per heavy atom. The van der Waals surface area contributed by atoms with Gasteiger partial charge < -0.3 is 15.2 Å². The Hall–Kier alpha value is -2.20. The predicted octanol–water partition coefficient (Wildman–Crippen LogP) is 3.21. The molecule has 0 aliphatic rings. The first-order valence-electron chi connectivity index (χ1n) is 6.01. The summed E-state index contributed by atoms with van der Waals surface area (Å²) in [5.74, 6) is 0.908. The minimum atomic E-state index is -0.0712. The van der Waals surface area contributed by atoms with Gasteiger partial charge in [0.1, 0.15) is 12.4 Å². The van der Waals surface area contributed by atoms with Crippen LogP contribution in [0.15, 0.2) is 42.5 Å². The molecule has 2 rings (SSSR count). The first-order valence-corrected chi connectivity index (χ1v) is 6.39. The Balaban J connectivity index is 2.29. The molecule has 0 amide bonds. The van der Waals surface area contributed by atoms with Crippen molar-refractivity contribution >= 4 is 17.4 Å². The summed E-state index contributed by atoms with van der Waals surface area (Å²) in [7, 11) is 1.54. The Bertz CT molecular complexity index is 629. The van der Waals surface area contributed by atoms with Gasteiger partial charge in [-0.2, -0.15) is 0 Å². The maximum absolute atomic E-state index is 7.59. The third-order valence-corrected chi connectivity index (χ3v) is 3.19. The van der Waals surface area contributed by atoms with Gasteiger partial charge in [0.2, 0.25) is 0 Å². The van der Waals surface area contributed by atoms with E-state index in [-0.39, 0.29) is 12.4 Å². The standard InChI is InChI=1S/C15H15ClN2O2/c1-19-13-8-4-6-11(15(17)18)14(13)20-9-10-5-2-3-7-12(10)16/h2-8H,9H2,1H3,(H3,17,18). The molecule has 0 atom stereocenters. The summed E-state index contributed by atoms with van der Waals surface area (Å²) in [6, 6.07) is 12.7. The lowest BCUT2D eigenvalue weighted by atomic mass is 10.1. The van der Waals surface area contributed by atoms with E-state index in [0.29, 0.717) is 22.1 Å². The van der Waals surface area contributed by atoms with Crippen LogP contribution in [0.1, 0.15) is 11.1 Å². The third kappa shape index (κ3) is 3.03. The molecule has 4 nitrogen and oxygen atoms in total. The van der Waals surface area contributed by atoms with E-state index in [1.807, 2.05) is 18.2 Å². The number of nitrogens with two attached hydrogens (primary N) is 1. The number of halogens is 1. The number of amidine groups is 1. The minimum absolute atomic E-state index is 0.0712. The van der Waals surface area contributed by atoms with Gasteiger partial charge in [-0.25, -0.2) is 0 Å². The fraction of sp³-hybridized carbons (Fsp3) is 0.133. The second kappa shape index (κ2) is 6.30. The Labute approximate surface area is 122 Å². The summed E-state index contributed by atoms with van der Waals surface area (Å²) < 4.78 is 11.0. The van der Waals surface area contributed by atoms with E-state index in [0.717, 1.165) is 5.56 Å². The van der Waals surface area contributed by atoms with Crippen LogP contribution in [0.4, 0.5) is 0 Å². The number of nitrogens with one attached hydrogen (secondary N) is 1. The molecule has 0 fully saturated rings. The molecule has 0 radical (unpaired) electrons. The first kappa shape index (κ1) is 14.2. The predicted molar refractivity (Wildman–Crippen MR) is 79.8 cm³/mol. The smallest absolute Gasteiger partial charge is 0.172 e. The Morgan fingerprint density at radius 2 is 1.95 bits per heavy atom. The van der Waals surface area contributed by atoms with Crippen molar-refractivity contribution in [2.24, 2.45) is 5.73 Å². The number of para-hydroxylation sites is 1. The van der Waals surface area contributed by atoms with E-state index in [4.69, 9.17) is 32.2 Å². The van der Waals surface area contributed by atoms with Crippen LogP contribution in [0.5, 0.6) is 11.5 Å². The molecule has 2 aromatic carbocycles. The maximum atomic E-state index is 7.59. The van der Waals surface area contributed by atoms with Gasteiger partial charge in [-0.3, -0.25) is 5.41 Å². The number of nitrogen functional groups attached to an aromatic ring is 1. The van der Waals surface area contributed by atoms with Crippen LogP contribution in [0.2, 0.25) is 5.02 Å². The molecular weight excluding hydrogens is 276 g/mol. The highest BCUT2D eigenvalue weighted by Crippen LogP contribution is 2.32. The number of hydrogen-bond donors (Lipinski definition) is 2. The summed E-state index contributed by atoms with van der Waals surface area (Å²) in [5.41, 5.74) is 6.91. The molecule has 0 aromatic heterocycles. The van der Waals surface area contributed by atoms with Gasteiger partial charge >= 0.3 is 0 Å². The minimum Gasteiger partial charge on any atom is -0.493 e. The molecule has 20 heavy (non-hydrogen) atoms. The normalized spacial score (nSPS) is 10.1. The number of ether oxygens (including phenoxy) is 2. The fourth-order valence-electron chi connectivity index (χ4n) is 1.80. The van der Waals surface area contributed by atoms with Crippen LogP contribution in [0.3, 0.4) is 0 Å². The SMILES string of the molecule is COc1cccc(C(=N)N)c1OCc1ccccc1Cl. The van der Waals surface area contributed by atoms with Crippen molar-refractivity contribution < 1.29 is 9.47 Å². The van der Waals surface area contributed by atoms with Crippen LogP contribution in [-0.2, 0) is 6.61 Å². The fourth-order valence-corrected chi connectivity index (χ4v) is 1.99. The van der Waals surface area contributed by atoms with Crippen molar-refractivity contribution in [3.05, 3.63) is 58.6 Å². The summed E-state index contributed by atoms with van der Waals surface area (Å²) in [5, 5.41) is 8.22. The van der Waals surface area contributed by atoms with Crippen LogP contribution < -0.4 is 15.2 Å². The average Bonchev–Trinajstić information content (AvgIpc) is 2.46. The van der Waals surface area contributed by atoms with E-state index in [9.17, 15) is 0 Å². The van der Waals surface area contributed by atoms with E-state index in [1.165, 1.54) is 0 Å². The first-order chi connectivity index (χ1) is 9.63. The van der Waals surface area contributed by atoms with Gasteiger partial charge in [0.15, 0.2) is 11.5 Å². The monoisotopic (exact) mass is 290 g/mol. The van der Waals surface area contributed by atoms with Crippen molar-refractivity contribution in [3.8, 4) is 11.5 Å². The quantitative estimate of drug-likeness (QED) is 0.656. The zero-order valence-corrected chi connectivity index (χ0v) is 11.8. The molecule has 0 saturated carbocycles. The van der Waals surface area contributed by atoms with Crippen molar-refractivity contribution in [1.82, 2.24) is 0 Å². The molecule has 2 aromatic rings. The van der Waals surface area contributed by atoms with Gasteiger partial charge in [-0.15, -0.1) is 0 Å². The summed E-state index contributed by atoms with van der Waals surface area (Å²) >= 11 is 6.09. The average molecular weight is 291 g/mol. The van der Waals surface area contributed by atoms with E-state index in [1.54, 1.807) is 31.4 Å². The molecule has 104 valence electrons. The highest BCUT2D eigenvalue weighted by Gasteiger charge is 2.13. The number of methoxy groups -OCH3 is 1. The van der Waals surface area contributed by atoms with Crippen LogP contribution >= 0.6 is 11.6 Å². The van der Waals surface area contributed by atoms with Gasteiger partial charge in [0.05, 0.1) is 12.7 Å². The summed E-state index contributed by atoms with van der Waals surface area (Å²) in [6.45, 7) is 0.278. The van der Waals surface area contributed by atoms with Crippen molar-refractivity contribution in [2.75, 3.05) is 7.11 Å². The van der Waals surface area contributed by atoms with Crippen molar-refractivity contribution in [1.29, 1.82) is 5.41 Å². The van der Waals surface area contributed by atoms with Crippen LogP contribution in [0.25, 0.3) is 0 Å². The largest absolute Gasteiger partial charge is 0.493 e. The van der Waals surface area contributed by atoms with Crippen LogP contribution in [0, 0.1) is 5.41 Å². The van der Waals surface area contributed by atoms with Crippen LogP contribution in [-0.4, -0.2) is 12.9 Å². The lowest BCUT2D eigenvalue weighted by Gasteiger charge is -2.14. The second-order valence-corrected chi connectivity index (χ2v) is 4.54.